The fraction of sp³-hybridized carbons (Fsp3) is 0.516. The summed E-state index contributed by atoms with van der Waals surface area (Å²) < 4.78 is 11.9. The van der Waals surface area contributed by atoms with Crippen molar-refractivity contribution in [3.05, 3.63) is 65.7 Å². The van der Waals surface area contributed by atoms with Gasteiger partial charge in [-0.3, -0.25) is 9.98 Å². The number of benzene rings is 2. The Kier molecular flexibility index (Phi) is 13.9. The summed E-state index contributed by atoms with van der Waals surface area (Å²) in [5.41, 5.74) is 13.7. The Balaban J connectivity index is 1.20. The lowest BCUT2D eigenvalue weighted by Crippen LogP contribution is -2.40. The Labute approximate surface area is 233 Å². The first-order chi connectivity index (χ1) is 19.1. The Bertz CT molecular complexity index is 1020. The number of rotatable bonds is 19. The van der Waals surface area contributed by atoms with Crippen LogP contribution in [0.1, 0.15) is 75.3 Å². The predicted molar refractivity (Wildman–Crippen MR) is 161 cm³/mol. The molecular weight excluding hydrogens is 488 g/mol. The molecule has 212 valence electrons. The maximum absolute atomic E-state index is 8.21. The molecule has 8 heteroatoms. The molecule has 3 rings (SSSR count). The number of nitrogens with zero attached hydrogens (tertiary/aromatic N) is 2. The highest BCUT2D eigenvalue weighted by molar-refractivity contribution is 5.99. The van der Waals surface area contributed by atoms with Crippen LogP contribution in [0.25, 0.3) is 0 Å². The van der Waals surface area contributed by atoms with E-state index in [4.69, 9.17) is 26.4 Å². The first-order valence-corrected chi connectivity index (χ1v) is 14.4. The second-order valence-corrected chi connectivity index (χ2v) is 10.1. The van der Waals surface area contributed by atoms with Crippen molar-refractivity contribution < 1.29 is 9.47 Å². The van der Waals surface area contributed by atoms with E-state index >= 15 is 0 Å². The molecule has 0 saturated heterocycles. The number of hydrogen-bond donors (Lipinski definition) is 4. The van der Waals surface area contributed by atoms with Crippen LogP contribution in [0.15, 0.2) is 64.6 Å². The summed E-state index contributed by atoms with van der Waals surface area (Å²) in [6, 6.07) is 18.3. The van der Waals surface area contributed by atoms with Gasteiger partial charge in [0.05, 0.1) is 25.9 Å². The maximum Gasteiger partial charge on any atom is 0.185 e. The number of unbranched alkanes of at least 4 members (excludes halogenated alkanes) is 6. The fourth-order valence-corrected chi connectivity index (χ4v) is 4.47. The average molecular weight is 535 g/mol. The van der Waals surface area contributed by atoms with Crippen molar-refractivity contribution in [2.45, 2.75) is 76.9 Å². The van der Waals surface area contributed by atoms with Gasteiger partial charge in [-0.05, 0) is 61.9 Å². The standard InChI is InChI=1S/C31H46N6O2/c32-27(14-9-4-2-1-3-5-10-20-35-31(33)34)15-11-21-38-28-18-16-26(17-19-28)30-36-22-29(23-37-30)39-24-25-12-7-6-8-13-25/h6-8,12-13,16-19,29,32H,1-5,9-11,14-15,20-24H2,(H,36,37)(H4,33,34,35). The van der Waals surface area contributed by atoms with E-state index in [1.165, 1.54) is 37.7 Å². The zero-order valence-corrected chi connectivity index (χ0v) is 23.2. The van der Waals surface area contributed by atoms with Crippen LogP contribution in [0.2, 0.25) is 0 Å². The fourth-order valence-electron chi connectivity index (χ4n) is 4.47. The Morgan fingerprint density at radius 2 is 1.59 bits per heavy atom. The highest BCUT2D eigenvalue weighted by Gasteiger charge is 2.16. The summed E-state index contributed by atoms with van der Waals surface area (Å²) in [6.07, 6.45) is 10.9. The van der Waals surface area contributed by atoms with Gasteiger partial charge in [-0.15, -0.1) is 0 Å². The molecule has 1 atom stereocenters. The average Bonchev–Trinajstić information content (AvgIpc) is 2.96. The molecule has 1 aliphatic rings. The first kappa shape index (κ1) is 30.2. The molecule has 0 saturated carbocycles. The third-order valence-electron chi connectivity index (χ3n) is 6.73. The van der Waals surface area contributed by atoms with Crippen LogP contribution in [0.3, 0.4) is 0 Å². The van der Waals surface area contributed by atoms with Gasteiger partial charge in [0.2, 0.25) is 0 Å². The molecule has 39 heavy (non-hydrogen) atoms. The SMILES string of the molecule is N=C(CCCCCCCCCN=C(N)N)CCCOc1ccc(C2=NCC(OCc3ccccc3)CN2)cc1. The van der Waals surface area contributed by atoms with E-state index in [2.05, 4.69) is 27.4 Å². The lowest BCUT2D eigenvalue weighted by molar-refractivity contribution is 0.0472. The highest BCUT2D eigenvalue weighted by atomic mass is 16.5. The van der Waals surface area contributed by atoms with Crippen LogP contribution in [0.4, 0.5) is 0 Å². The molecule has 1 heterocycles. The number of hydrogen-bond acceptors (Lipinski definition) is 6. The van der Waals surface area contributed by atoms with Crippen molar-refractivity contribution in [2.24, 2.45) is 21.5 Å². The van der Waals surface area contributed by atoms with Gasteiger partial charge < -0.3 is 31.7 Å². The summed E-state index contributed by atoms with van der Waals surface area (Å²) in [5, 5.41) is 11.6. The third kappa shape index (κ3) is 12.8. The number of aliphatic imine (C=N–C) groups is 2. The van der Waals surface area contributed by atoms with Crippen LogP contribution in [0.5, 0.6) is 5.75 Å². The summed E-state index contributed by atoms with van der Waals surface area (Å²) in [6.45, 7) is 3.36. The van der Waals surface area contributed by atoms with Gasteiger partial charge in [-0.25, -0.2) is 0 Å². The quantitative estimate of drug-likeness (QED) is 0.112. The second-order valence-electron chi connectivity index (χ2n) is 10.1. The molecule has 0 spiro atoms. The number of amidine groups is 1. The summed E-state index contributed by atoms with van der Waals surface area (Å²) in [7, 11) is 0. The summed E-state index contributed by atoms with van der Waals surface area (Å²) >= 11 is 0. The molecule has 2 aromatic carbocycles. The van der Waals surface area contributed by atoms with Crippen LogP contribution >= 0.6 is 0 Å². The van der Waals surface area contributed by atoms with E-state index in [1.54, 1.807) is 0 Å². The van der Waals surface area contributed by atoms with Gasteiger partial charge >= 0.3 is 0 Å². The van der Waals surface area contributed by atoms with Crippen LogP contribution in [-0.4, -0.2) is 49.9 Å². The molecule has 1 aliphatic heterocycles. The van der Waals surface area contributed by atoms with Gasteiger partial charge in [0, 0.05) is 24.4 Å². The van der Waals surface area contributed by atoms with E-state index in [9.17, 15) is 0 Å². The largest absolute Gasteiger partial charge is 0.494 e. The molecule has 0 radical (unpaired) electrons. The van der Waals surface area contributed by atoms with Crippen LogP contribution in [0, 0.1) is 5.41 Å². The smallest absolute Gasteiger partial charge is 0.185 e. The van der Waals surface area contributed by atoms with E-state index in [0.29, 0.717) is 19.8 Å². The Hall–Kier alpha value is -3.39. The molecular formula is C31H46N6O2. The van der Waals surface area contributed by atoms with Crippen molar-refractivity contribution in [2.75, 3.05) is 26.2 Å². The third-order valence-corrected chi connectivity index (χ3v) is 6.73. The normalized spacial score (nSPS) is 14.8. The summed E-state index contributed by atoms with van der Waals surface area (Å²) in [4.78, 5) is 8.69. The van der Waals surface area contributed by atoms with Gasteiger partial charge in [-0.2, -0.15) is 0 Å². The Morgan fingerprint density at radius 3 is 2.28 bits per heavy atom. The molecule has 6 N–H and O–H groups in total. The summed E-state index contributed by atoms with van der Waals surface area (Å²) in [5.74, 6) is 1.93. The predicted octanol–water partition coefficient (Wildman–Crippen LogP) is 5.19. The second kappa shape index (κ2) is 18.0. The van der Waals surface area contributed by atoms with Gasteiger partial charge in [0.25, 0.3) is 0 Å². The van der Waals surface area contributed by atoms with Gasteiger partial charge in [0.15, 0.2) is 5.96 Å². The maximum atomic E-state index is 8.21. The number of guanidine groups is 1. The monoisotopic (exact) mass is 534 g/mol. The number of nitrogens with two attached hydrogens (primary N) is 2. The minimum Gasteiger partial charge on any atom is -0.494 e. The zero-order valence-electron chi connectivity index (χ0n) is 23.2. The topological polar surface area (TPSA) is 131 Å². The van der Waals surface area contributed by atoms with Crippen molar-refractivity contribution in [1.29, 1.82) is 5.41 Å². The lowest BCUT2D eigenvalue weighted by atomic mass is 10.0. The van der Waals surface area contributed by atoms with Crippen molar-refractivity contribution in [1.82, 2.24) is 5.32 Å². The van der Waals surface area contributed by atoms with Crippen molar-refractivity contribution in [3.8, 4) is 5.75 Å². The first-order valence-electron chi connectivity index (χ1n) is 14.4. The van der Waals surface area contributed by atoms with Crippen molar-refractivity contribution in [3.63, 3.8) is 0 Å². The molecule has 1 unspecified atom stereocenters. The highest BCUT2D eigenvalue weighted by Crippen LogP contribution is 2.15. The van der Waals surface area contributed by atoms with Crippen LogP contribution in [-0.2, 0) is 11.3 Å². The van der Waals surface area contributed by atoms with E-state index in [-0.39, 0.29) is 12.1 Å². The molecule has 0 aromatic heterocycles. The molecule has 0 fully saturated rings. The number of ether oxygens (including phenoxy) is 2. The minimum absolute atomic E-state index is 0.0777. The molecule has 0 amide bonds. The molecule has 0 bridgehead atoms. The van der Waals surface area contributed by atoms with E-state index in [0.717, 1.165) is 68.1 Å². The molecule has 2 aromatic rings. The Morgan fingerprint density at radius 1 is 0.897 bits per heavy atom. The van der Waals surface area contributed by atoms with E-state index < -0.39 is 0 Å². The van der Waals surface area contributed by atoms with E-state index in [1.807, 2.05) is 42.5 Å². The molecule has 0 aliphatic carbocycles. The lowest BCUT2D eigenvalue weighted by Gasteiger charge is -2.23. The molecule has 8 nitrogen and oxygen atoms in total. The van der Waals surface area contributed by atoms with Gasteiger partial charge in [0.1, 0.15) is 11.6 Å². The zero-order chi connectivity index (χ0) is 27.5. The number of nitrogens with one attached hydrogen (secondary N) is 2. The van der Waals surface area contributed by atoms with Gasteiger partial charge in [-0.1, -0.05) is 62.4 Å². The van der Waals surface area contributed by atoms with Crippen LogP contribution < -0.4 is 21.5 Å². The van der Waals surface area contributed by atoms with Crippen molar-refractivity contribution >= 4 is 17.5 Å². The minimum atomic E-state index is 0.0777.